The normalized spacial score (nSPS) is 16.6. The first-order valence-electron chi connectivity index (χ1n) is 8.88. The van der Waals surface area contributed by atoms with Crippen LogP contribution in [0.25, 0.3) is 11.4 Å². The van der Waals surface area contributed by atoms with Gasteiger partial charge in [-0.25, -0.2) is 15.8 Å². The van der Waals surface area contributed by atoms with Crippen LogP contribution in [0.4, 0.5) is 0 Å². The van der Waals surface area contributed by atoms with Crippen molar-refractivity contribution < 1.29 is 9.47 Å². The standard InChI is InChI=1S/C19H20N6O2/c1-2-13(10-14(3-1)18-21-23-24-22-18)12-25-7-6-20-19(25)15-4-5-16-17(11-15)27-9-8-26-16/h1-7,10-11,18,21-24H,8-9,12H2. The van der Waals surface area contributed by atoms with Crippen LogP contribution in [0, 0.1) is 0 Å². The summed E-state index contributed by atoms with van der Waals surface area (Å²) in [6.07, 6.45) is 3.84. The van der Waals surface area contributed by atoms with E-state index in [0.29, 0.717) is 13.2 Å². The lowest BCUT2D eigenvalue weighted by atomic mass is 10.1. The van der Waals surface area contributed by atoms with Crippen LogP contribution in [-0.2, 0) is 6.54 Å². The molecule has 0 unspecified atom stereocenters. The molecule has 138 valence electrons. The highest BCUT2D eigenvalue weighted by Gasteiger charge is 2.16. The van der Waals surface area contributed by atoms with Crippen LogP contribution in [0.5, 0.6) is 11.5 Å². The first kappa shape index (κ1) is 16.3. The highest BCUT2D eigenvalue weighted by Crippen LogP contribution is 2.34. The fourth-order valence-corrected chi connectivity index (χ4v) is 3.37. The molecule has 2 aliphatic heterocycles. The summed E-state index contributed by atoms with van der Waals surface area (Å²) in [5.41, 5.74) is 15.2. The average Bonchev–Trinajstić information content (AvgIpc) is 3.40. The molecule has 8 heteroatoms. The molecule has 8 nitrogen and oxygen atoms in total. The molecule has 2 aromatic carbocycles. The number of fused-ring (bicyclic) bond motifs is 1. The van der Waals surface area contributed by atoms with E-state index in [-0.39, 0.29) is 6.17 Å². The summed E-state index contributed by atoms with van der Waals surface area (Å²) in [5, 5.41) is 0. The van der Waals surface area contributed by atoms with Crippen molar-refractivity contribution in [3.8, 4) is 22.9 Å². The van der Waals surface area contributed by atoms with Gasteiger partial charge < -0.3 is 14.0 Å². The molecule has 0 radical (unpaired) electrons. The van der Waals surface area contributed by atoms with Crippen molar-refractivity contribution in [3.05, 3.63) is 66.0 Å². The Balaban J connectivity index is 1.41. The van der Waals surface area contributed by atoms with Gasteiger partial charge in [-0.1, -0.05) is 24.3 Å². The van der Waals surface area contributed by atoms with Crippen LogP contribution in [0.15, 0.2) is 54.9 Å². The molecule has 4 N–H and O–H groups in total. The Hall–Kier alpha value is -2.91. The Morgan fingerprint density at radius 3 is 2.74 bits per heavy atom. The Labute approximate surface area is 156 Å². The quantitative estimate of drug-likeness (QED) is 0.558. The summed E-state index contributed by atoms with van der Waals surface area (Å²) in [4.78, 5) is 4.55. The molecule has 1 aromatic heterocycles. The average molecular weight is 364 g/mol. The number of hydrogen-bond acceptors (Lipinski definition) is 7. The third-order valence-corrected chi connectivity index (χ3v) is 4.65. The highest BCUT2D eigenvalue weighted by molar-refractivity contribution is 5.62. The molecule has 0 spiro atoms. The van der Waals surface area contributed by atoms with E-state index in [4.69, 9.17) is 9.47 Å². The van der Waals surface area contributed by atoms with Gasteiger partial charge >= 0.3 is 0 Å². The van der Waals surface area contributed by atoms with Gasteiger partial charge in [-0.2, -0.15) is 11.1 Å². The van der Waals surface area contributed by atoms with E-state index in [1.165, 1.54) is 5.56 Å². The second-order valence-electron chi connectivity index (χ2n) is 6.45. The number of aromatic nitrogens is 2. The van der Waals surface area contributed by atoms with E-state index >= 15 is 0 Å². The number of rotatable bonds is 4. The lowest BCUT2D eigenvalue weighted by molar-refractivity contribution is 0.171. The fraction of sp³-hybridized carbons (Fsp3) is 0.211. The fourth-order valence-electron chi connectivity index (χ4n) is 3.37. The summed E-state index contributed by atoms with van der Waals surface area (Å²) >= 11 is 0. The Morgan fingerprint density at radius 2 is 1.85 bits per heavy atom. The minimum atomic E-state index is 0.0185. The molecule has 5 rings (SSSR count). The van der Waals surface area contributed by atoms with Gasteiger partial charge in [0.15, 0.2) is 11.5 Å². The first-order chi connectivity index (χ1) is 13.4. The van der Waals surface area contributed by atoms with Gasteiger partial charge in [-0.3, -0.25) is 0 Å². The number of imidazole rings is 1. The van der Waals surface area contributed by atoms with Gasteiger partial charge in [-0.05, 0) is 29.3 Å². The third kappa shape index (κ3) is 3.26. The van der Waals surface area contributed by atoms with Crippen molar-refractivity contribution in [1.82, 2.24) is 31.5 Å². The molecule has 0 saturated carbocycles. The van der Waals surface area contributed by atoms with Crippen molar-refractivity contribution in [3.63, 3.8) is 0 Å². The summed E-state index contributed by atoms with van der Waals surface area (Å²) in [7, 11) is 0. The predicted octanol–water partition coefficient (Wildman–Crippen LogP) is 1.49. The predicted molar refractivity (Wildman–Crippen MR) is 99.5 cm³/mol. The lowest BCUT2D eigenvalue weighted by Gasteiger charge is -2.19. The zero-order valence-electron chi connectivity index (χ0n) is 14.6. The molecule has 1 fully saturated rings. The van der Waals surface area contributed by atoms with Gasteiger partial charge in [0, 0.05) is 24.5 Å². The maximum Gasteiger partial charge on any atom is 0.162 e. The monoisotopic (exact) mass is 364 g/mol. The van der Waals surface area contributed by atoms with Crippen molar-refractivity contribution in [1.29, 1.82) is 0 Å². The maximum absolute atomic E-state index is 5.71. The zero-order chi connectivity index (χ0) is 18.1. The Kier molecular flexibility index (Phi) is 4.23. The van der Waals surface area contributed by atoms with Crippen molar-refractivity contribution >= 4 is 0 Å². The Bertz CT molecular complexity index is 951. The largest absolute Gasteiger partial charge is 0.486 e. The molecule has 0 atom stereocenters. The molecule has 2 aliphatic rings. The number of hydrogen-bond donors (Lipinski definition) is 4. The molecular formula is C19H20N6O2. The smallest absolute Gasteiger partial charge is 0.162 e. The van der Waals surface area contributed by atoms with Crippen molar-refractivity contribution in [2.24, 2.45) is 0 Å². The van der Waals surface area contributed by atoms with Crippen LogP contribution in [0.1, 0.15) is 17.3 Å². The summed E-state index contributed by atoms with van der Waals surface area (Å²) in [6, 6.07) is 14.4. The first-order valence-corrected chi connectivity index (χ1v) is 8.88. The Morgan fingerprint density at radius 1 is 1.00 bits per heavy atom. The summed E-state index contributed by atoms with van der Waals surface area (Å²) in [6.45, 7) is 1.89. The van der Waals surface area contributed by atoms with Crippen LogP contribution < -0.4 is 31.4 Å². The van der Waals surface area contributed by atoms with Gasteiger partial charge in [0.1, 0.15) is 25.2 Å². The molecule has 3 aromatic rings. The van der Waals surface area contributed by atoms with E-state index in [1.807, 2.05) is 30.6 Å². The molecule has 0 aliphatic carbocycles. The van der Waals surface area contributed by atoms with Crippen LogP contribution in [0.2, 0.25) is 0 Å². The number of benzene rings is 2. The molecule has 1 saturated heterocycles. The molecule has 27 heavy (non-hydrogen) atoms. The second-order valence-corrected chi connectivity index (χ2v) is 6.45. The van der Waals surface area contributed by atoms with E-state index in [9.17, 15) is 0 Å². The minimum absolute atomic E-state index is 0.0185. The molecular weight excluding hydrogens is 344 g/mol. The van der Waals surface area contributed by atoms with Crippen LogP contribution in [0.3, 0.4) is 0 Å². The van der Waals surface area contributed by atoms with Gasteiger partial charge in [0.05, 0.1) is 0 Å². The van der Waals surface area contributed by atoms with Gasteiger partial charge in [0.25, 0.3) is 0 Å². The van der Waals surface area contributed by atoms with Crippen LogP contribution >= 0.6 is 0 Å². The number of nitrogens with zero attached hydrogens (tertiary/aromatic N) is 2. The zero-order valence-corrected chi connectivity index (χ0v) is 14.6. The van der Waals surface area contributed by atoms with E-state index in [0.717, 1.165) is 35.0 Å². The lowest BCUT2D eigenvalue weighted by Crippen LogP contribution is -2.33. The van der Waals surface area contributed by atoms with E-state index in [1.54, 1.807) is 0 Å². The molecule has 0 amide bonds. The summed E-state index contributed by atoms with van der Waals surface area (Å²) in [5.74, 6) is 2.46. The number of ether oxygens (including phenoxy) is 2. The highest BCUT2D eigenvalue weighted by atomic mass is 16.6. The van der Waals surface area contributed by atoms with E-state index in [2.05, 4.69) is 55.7 Å². The van der Waals surface area contributed by atoms with E-state index < -0.39 is 0 Å². The number of hydrazine groups is 3. The van der Waals surface area contributed by atoms with Gasteiger partial charge in [-0.15, -0.1) is 0 Å². The summed E-state index contributed by atoms with van der Waals surface area (Å²) < 4.78 is 13.4. The van der Waals surface area contributed by atoms with Crippen molar-refractivity contribution in [2.75, 3.05) is 13.2 Å². The second kappa shape index (κ2) is 7.01. The molecule has 3 heterocycles. The van der Waals surface area contributed by atoms with Crippen LogP contribution in [-0.4, -0.2) is 22.8 Å². The van der Waals surface area contributed by atoms with Crippen molar-refractivity contribution in [2.45, 2.75) is 12.7 Å². The third-order valence-electron chi connectivity index (χ3n) is 4.65. The molecule has 0 bridgehead atoms. The minimum Gasteiger partial charge on any atom is -0.486 e. The SMILES string of the molecule is c1cc(Cn2ccnc2-c2ccc3c(c2)OCCO3)cc(C2NNNN2)c1. The number of nitrogens with one attached hydrogen (secondary N) is 4. The van der Waals surface area contributed by atoms with Gasteiger partial charge in [0.2, 0.25) is 0 Å². The topological polar surface area (TPSA) is 84.4 Å². The maximum atomic E-state index is 5.71.